The average Bonchev–Trinajstić information content (AvgIpc) is 2.70. The lowest BCUT2D eigenvalue weighted by Gasteiger charge is -2.50. The highest BCUT2D eigenvalue weighted by atomic mass is 35.5. The molecule has 2 saturated carbocycles. The Morgan fingerprint density at radius 2 is 2.05 bits per heavy atom. The van der Waals surface area contributed by atoms with Gasteiger partial charge in [-0.3, -0.25) is 4.79 Å². The van der Waals surface area contributed by atoms with Gasteiger partial charge in [0.1, 0.15) is 0 Å². The molecule has 0 aromatic rings. The maximum atomic E-state index is 12.5. The summed E-state index contributed by atoms with van der Waals surface area (Å²) in [5.41, 5.74) is 3.05. The SMILES string of the molecule is C[C@]12CC[C@@H]3C4=C(CC[C@H]3[C@@H]1C[C@@H](Cl)C2=O)C[C@H](O)CC4. The van der Waals surface area contributed by atoms with E-state index >= 15 is 0 Å². The minimum absolute atomic E-state index is 0.116. The molecule has 0 aliphatic heterocycles. The third-order valence-corrected chi connectivity index (χ3v) is 7.42. The van der Waals surface area contributed by atoms with E-state index in [1.807, 2.05) is 0 Å². The Morgan fingerprint density at radius 1 is 1.24 bits per heavy atom. The average molecular weight is 309 g/mol. The maximum Gasteiger partial charge on any atom is 0.156 e. The van der Waals surface area contributed by atoms with Gasteiger partial charge in [-0.25, -0.2) is 0 Å². The second kappa shape index (κ2) is 4.83. The number of Topliss-reactive ketones (excluding diaryl/α,β-unsaturated/α-hetero) is 1. The predicted octanol–water partition coefficient (Wildman–Crippen LogP) is 3.85. The fourth-order valence-electron chi connectivity index (χ4n) is 5.94. The van der Waals surface area contributed by atoms with Crippen molar-refractivity contribution in [3.05, 3.63) is 11.1 Å². The van der Waals surface area contributed by atoms with Gasteiger partial charge < -0.3 is 5.11 Å². The molecule has 2 fully saturated rings. The molecule has 0 saturated heterocycles. The summed E-state index contributed by atoms with van der Waals surface area (Å²) in [5.74, 6) is 2.14. The molecule has 0 aromatic heterocycles. The van der Waals surface area contributed by atoms with E-state index in [-0.39, 0.29) is 16.9 Å². The van der Waals surface area contributed by atoms with Crippen LogP contribution >= 0.6 is 11.6 Å². The van der Waals surface area contributed by atoms with Gasteiger partial charge in [0.15, 0.2) is 5.78 Å². The predicted molar refractivity (Wildman–Crippen MR) is 83.2 cm³/mol. The van der Waals surface area contributed by atoms with Crippen LogP contribution in [0.5, 0.6) is 0 Å². The summed E-state index contributed by atoms with van der Waals surface area (Å²) < 4.78 is 0. The molecule has 0 aromatic carbocycles. The minimum Gasteiger partial charge on any atom is -0.393 e. The number of hydrogen-bond acceptors (Lipinski definition) is 2. The number of carbonyl (C=O) groups is 1. The highest BCUT2D eigenvalue weighted by Gasteiger charge is 2.58. The van der Waals surface area contributed by atoms with Gasteiger partial charge in [0, 0.05) is 5.41 Å². The van der Waals surface area contributed by atoms with Crippen molar-refractivity contribution >= 4 is 17.4 Å². The molecule has 0 spiro atoms. The van der Waals surface area contributed by atoms with E-state index in [4.69, 9.17) is 11.6 Å². The molecule has 4 aliphatic carbocycles. The summed E-state index contributed by atoms with van der Waals surface area (Å²) in [6.07, 6.45) is 8.20. The lowest BCUT2D eigenvalue weighted by molar-refractivity contribution is -0.129. The topological polar surface area (TPSA) is 37.3 Å². The third kappa shape index (κ3) is 1.98. The second-order valence-corrected chi connectivity index (χ2v) is 8.49. The van der Waals surface area contributed by atoms with Crippen molar-refractivity contribution < 1.29 is 9.90 Å². The van der Waals surface area contributed by atoms with Crippen LogP contribution in [0.1, 0.15) is 58.3 Å². The van der Waals surface area contributed by atoms with Gasteiger partial charge in [-0.2, -0.15) is 0 Å². The van der Waals surface area contributed by atoms with Crippen molar-refractivity contribution in [2.75, 3.05) is 0 Å². The summed E-state index contributed by atoms with van der Waals surface area (Å²) in [5, 5.41) is 9.66. The molecule has 4 aliphatic rings. The van der Waals surface area contributed by atoms with Crippen molar-refractivity contribution in [3.8, 4) is 0 Å². The molecule has 1 N–H and O–H groups in total. The quantitative estimate of drug-likeness (QED) is 0.545. The van der Waals surface area contributed by atoms with Gasteiger partial charge in [0.2, 0.25) is 0 Å². The second-order valence-electron chi connectivity index (χ2n) is 7.96. The van der Waals surface area contributed by atoms with E-state index in [0.29, 0.717) is 23.5 Å². The molecule has 2 nitrogen and oxygen atoms in total. The van der Waals surface area contributed by atoms with E-state index in [2.05, 4.69) is 6.92 Å². The van der Waals surface area contributed by atoms with Crippen LogP contribution in [0, 0.1) is 23.2 Å². The Hall–Kier alpha value is -0.340. The number of halogens is 1. The molecular weight excluding hydrogens is 284 g/mol. The zero-order valence-electron chi connectivity index (χ0n) is 12.8. The van der Waals surface area contributed by atoms with Crippen LogP contribution in [-0.4, -0.2) is 22.4 Å². The summed E-state index contributed by atoms with van der Waals surface area (Å²) >= 11 is 6.32. The molecule has 6 atom stereocenters. The molecule has 4 rings (SSSR count). The first kappa shape index (κ1) is 14.3. The Morgan fingerprint density at radius 3 is 2.86 bits per heavy atom. The highest BCUT2D eigenvalue weighted by Crippen LogP contribution is 2.60. The van der Waals surface area contributed by atoms with Crippen molar-refractivity contribution in [2.24, 2.45) is 23.2 Å². The first-order valence-electron chi connectivity index (χ1n) is 8.58. The van der Waals surface area contributed by atoms with Gasteiger partial charge >= 0.3 is 0 Å². The van der Waals surface area contributed by atoms with Gasteiger partial charge in [0.25, 0.3) is 0 Å². The van der Waals surface area contributed by atoms with Crippen LogP contribution in [-0.2, 0) is 4.79 Å². The van der Waals surface area contributed by atoms with Crippen LogP contribution in [0.25, 0.3) is 0 Å². The van der Waals surface area contributed by atoms with E-state index < -0.39 is 0 Å². The lowest BCUT2D eigenvalue weighted by atomic mass is 9.54. The molecule has 0 heterocycles. The van der Waals surface area contributed by atoms with Crippen LogP contribution in [0.15, 0.2) is 11.1 Å². The van der Waals surface area contributed by atoms with Crippen LogP contribution < -0.4 is 0 Å². The maximum absolute atomic E-state index is 12.5. The zero-order valence-corrected chi connectivity index (χ0v) is 13.5. The van der Waals surface area contributed by atoms with Crippen LogP contribution in [0.3, 0.4) is 0 Å². The highest BCUT2D eigenvalue weighted by molar-refractivity contribution is 6.32. The normalized spacial score (nSPS) is 49.7. The number of fused-ring (bicyclic) bond motifs is 4. The van der Waals surface area contributed by atoms with E-state index in [0.717, 1.165) is 44.9 Å². The monoisotopic (exact) mass is 308 g/mol. The van der Waals surface area contributed by atoms with Crippen LogP contribution in [0.2, 0.25) is 0 Å². The number of allylic oxidation sites excluding steroid dienone is 1. The number of hydrogen-bond donors (Lipinski definition) is 1. The largest absolute Gasteiger partial charge is 0.393 e. The fraction of sp³-hybridized carbons (Fsp3) is 0.833. The first-order chi connectivity index (χ1) is 10.0. The number of aliphatic hydroxyl groups is 1. The van der Waals surface area contributed by atoms with Gasteiger partial charge in [-0.15, -0.1) is 11.6 Å². The first-order valence-corrected chi connectivity index (χ1v) is 9.01. The van der Waals surface area contributed by atoms with Crippen LogP contribution in [0.4, 0.5) is 0 Å². The van der Waals surface area contributed by atoms with E-state index in [9.17, 15) is 9.90 Å². The fourth-order valence-corrected chi connectivity index (χ4v) is 6.38. The number of ketones is 1. The minimum atomic E-state index is -0.248. The Labute approximate surface area is 131 Å². The lowest BCUT2D eigenvalue weighted by Crippen LogP contribution is -2.44. The van der Waals surface area contributed by atoms with Gasteiger partial charge in [-0.05, 0) is 69.1 Å². The third-order valence-electron chi connectivity index (χ3n) is 7.05. The summed E-state index contributed by atoms with van der Waals surface area (Å²) in [7, 11) is 0. The van der Waals surface area contributed by atoms with E-state index in [1.165, 1.54) is 6.42 Å². The van der Waals surface area contributed by atoms with Crippen molar-refractivity contribution in [1.82, 2.24) is 0 Å². The van der Waals surface area contributed by atoms with Gasteiger partial charge in [-0.1, -0.05) is 18.1 Å². The van der Waals surface area contributed by atoms with Crippen molar-refractivity contribution in [2.45, 2.75) is 69.8 Å². The molecule has 0 amide bonds. The molecule has 116 valence electrons. The summed E-state index contributed by atoms with van der Waals surface area (Å²) in [4.78, 5) is 12.5. The molecule has 0 radical (unpaired) electrons. The zero-order chi connectivity index (χ0) is 14.8. The smallest absolute Gasteiger partial charge is 0.156 e. The number of carbonyl (C=O) groups excluding carboxylic acids is 1. The number of rotatable bonds is 0. The number of alkyl halides is 1. The van der Waals surface area contributed by atoms with E-state index in [1.54, 1.807) is 11.1 Å². The van der Waals surface area contributed by atoms with Gasteiger partial charge in [0.05, 0.1) is 11.5 Å². The summed E-state index contributed by atoms with van der Waals surface area (Å²) in [6, 6.07) is 0. The Kier molecular flexibility index (Phi) is 3.28. The molecule has 0 unspecified atom stereocenters. The summed E-state index contributed by atoms with van der Waals surface area (Å²) in [6.45, 7) is 2.17. The van der Waals surface area contributed by atoms with Crippen molar-refractivity contribution in [3.63, 3.8) is 0 Å². The number of aliphatic hydroxyl groups excluding tert-OH is 1. The molecule has 3 heteroatoms. The molecule has 0 bridgehead atoms. The van der Waals surface area contributed by atoms with Crippen molar-refractivity contribution in [1.29, 1.82) is 0 Å². The Bertz CT molecular complexity index is 511. The molecule has 21 heavy (non-hydrogen) atoms. The standard InChI is InChI=1S/C18H25ClO2/c1-18-7-6-13-12-5-3-11(20)8-10(12)2-4-14(13)15(18)9-16(19)17(18)21/h11,13-16,20H,2-9H2,1H3/t11-,13-,14-,15+,16-,18+/m1/s1. The Balaban J connectivity index is 1.66. The molecular formula is C18H25ClO2.